The van der Waals surface area contributed by atoms with Crippen LogP contribution >= 0.6 is 0 Å². The number of hydrogen-bond acceptors (Lipinski definition) is 5. The Balaban J connectivity index is 2.33. The molecule has 0 aliphatic carbocycles. The van der Waals surface area contributed by atoms with Crippen LogP contribution in [0.3, 0.4) is 0 Å². The fourth-order valence-electron chi connectivity index (χ4n) is 1.96. The summed E-state index contributed by atoms with van der Waals surface area (Å²) in [5.41, 5.74) is 1.53. The van der Waals surface area contributed by atoms with Crippen molar-refractivity contribution in [1.82, 2.24) is 0 Å². The molecule has 0 atom stereocenters. The summed E-state index contributed by atoms with van der Waals surface area (Å²) in [5.74, 6) is -1.88. The molecule has 1 aromatic carbocycles. The summed E-state index contributed by atoms with van der Waals surface area (Å²) in [6, 6.07) is 5.43. The molecule has 2 rings (SSSR count). The van der Waals surface area contributed by atoms with Crippen molar-refractivity contribution in [2.75, 3.05) is 6.61 Å². The molecular formula is C16H18O5. The number of aryl methyl sites for hydroxylation is 1. The lowest BCUT2D eigenvalue weighted by atomic mass is 10.1. The van der Waals surface area contributed by atoms with Gasteiger partial charge in [0.05, 0.1) is 6.61 Å². The average molecular weight is 290 g/mol. The summed E-state index contributed by atoms with van der Waals surface area (Å²) >= 11 is 0. The van der Waals surface area contributed by atoms with Gasteiger partial charge in [0.2, 0.25) is 0 Å². The molecule has 0 aromatic heterocycles. The third kappa shape index (κ3) is 3.42. The van der Waals surface area contributed by atoms with Gasteiger partial charge in [0.1, 0.15) is 11.3 Å². The Morgan fingerprint density at radius 1 is 1.19 bits per heavy atom. The Bertz CT molecular complexity index is 591. The van der Waals surface area contributed by atoms with Crippen LogP contribution in [0.5, 0.6) is 5.75 Å². The van der Waals surface area contributed by atoms with Gasteiger partial charge < -0.3 is 14.2 Å². The van der Waals surface area contributed by atoms with Crippen LogP contribution in [0.1, 0.15) is 31.9 Å². The second-order valence-electron chi connectivity index (χ2n) is 5.19. The number of carbonyl (C=O) groups is 2. The van der Waals surface area contributed by atoms with Crippen molar-refractivity contribution in [2.45, 2.75) is 33.5 Å². The molecule has 1 aliphatic rings. The predicted molar refractivity (Wildman–Crippen MR) is 76.6 cm³/mol. The van der Waals surface area contributed by atoms with E-state index in [0.29, 0.717) is 17.9 Å². The molecule has 0 amide bonds. The molecule has 21 heavy (non-hydrogen) atoms. The maximum Gasteiger partial charge on any atom is 0.348 e. The van der Waals surface area contributed by atoms with E-state index >= 15 is 0 Å². The van der Waals surface area contributed by atoms with Gasteiger partial charge in [-0.25, -0.2) is 9.59 Å². The number of benzene rings is 1. The Morgan fingerprint density at radius 3 is 2.38 bits per heavy atom. The van der Waals surface area contributed by atoms with Gasteiger partial charge >= 0.3 is 11.9 Å². The van der Waals surface area contributed by atoms with Crippen LogP contribution in [0.2, 0.25) is 0 Å². The minimum Gasteiger partial charge on any atom is -0.494 e. The first-order valence-electron chi connectivity index (χ1n) is 6.74. The zero-order chi connectivity index (χ0) is 15.6. The summed E-state index contributed by atoms with van der Waals surface area (Å²) in [6.07, 6.45) is 1.45. The van der Waals surface area contributed by atoms with Gasteiger partial charge in [-0.15, -0.1) is 0 Å². The van der Waals surface area contributed by atoms with Gasteiger partial charge in [-0.3, -0.25) is 0 Å². The monoisotopic (exact) mass is 290 g/mol. The van der Waals surface area contributed by atoms with Crippen molar-refractivity contribution < 1.29 is 23.8 Å². The summed E-state index contributed by atoms with van der Waals surface area (Å²) in [7, 11) is 0. The molecule has 0 spiro atoms. The van der Waals surface area contributed by atoms with Crippen LogP contribution in [0.15, 0.2) is 23.8 Å². The summed E-state index contributed by atoms with van der Waals surface area (Å²) in [6.45, 7) is 7.38. The van der Waals surface area contributed by atoms with Gasteiger partial charge in [0.25, 0.3) is 5.79 Å². The minimum absolute atomic E-state index is 0.124. The largest absolute Gasteiger partial charge is 0.494 e. The van der Waals surface area contributed by atoms with Crippen LogP contribution in [0.4, 0.5) is 0 Å². The molecule has 0 bridgehead atoms. The van der Waals surface area contributed by atoms with Crippen molar-refractivity contribution in [3.8, 4) is 5.75 Å². The molecule has 5 heteroatoms. The van der Waals surface area contributed by atoms with Crippen molar-refractivity contribution in [3.05, 3.63) is 34.9 Å². The molecular weight excluding hydrogens is 272 g/mol. The van der Waals surface area contributed by atoms with E-state index in [9.17, 15) is 9.59 Å². The average Bonchev–Trinajstić information content (AvgIpc) is 2.36. The Morgan fingerprint density at radius 2 is 1.81 bits per heavy atom. The highest BCUT2D eigenvalue weighted by Gasteiger charge is 2.38. The molecule has 0 N–H and O–H groups in total. The van der Waals surface area contributed by atoms with Crippen molar-refractivity contribution in [2.24, 2.45) is 0 Å². The highest BCUT2D eigenvalue weighted by atomic mass is 16.7. The smallest absolute Gasteiger partial charge is 0.348 e. The van der Waals surface area contributed by atoms with Crippen molar-refractivity contribution >= 4 is 18.0 Å². The van der Waals surface area contributed by atoms with Crippen LogP contribution in [0.25, 0.3) is 6.08 Å². The standard InChI is InChI=1S/C16H18O5/c1-5-19-13-9-11(7-6-10(13)2)8-12-14(17)20-16(3,4)21-15(12)18/h6-9H,5H2,1-4H3. The lowest BCUT2D eigenvalue weighted by molar-refractivity contribution is -0.222. The normalized spacial score (nSPS) is 17.0. The number of esters is 2. The van der Waals surface area contributed by atoms with E-state index in [2.05, 4.69) is 0 Å². The molecule has 0 saturated carbocycles. The summed E-state index contributed by atoms with van der Waals surface area (Å²) < 4.78 is 15.6. The SMILES string of the molecule is CCOc1cc(C=C2C(=O)OC(C)(C)OC2=O)ccc1C. The zero-order valence-electron chi connectivity index (χ0n) is 12.6. The van der Waals surface area contributed by atoms with E-state index in [1.807, 2.05) is 19.9 Å². The van der Waals surface area contributed by atoms with Crippen LogP contribution in [0, 0.1) is 6.92 Å². The Kier molecular flexibility index (Phi) is 4.02. The van der Waals surface area contributed by atoms with Gasteiger partial charge in [-0.2, -0.15) is 0 Å². The highest BCUT2D eigenvalue weighted by Crippen LogP contribution is 2.26. The molecule has 1 fully saturated rings. The van der Waals surface area contributed by atoms with E-state index in [0.717, 1.165) is 5.56 Å². The molecule has 1 heterocycles. The van der Waals surface area contributed by atoms with E-state index in [1.54, 1.807) is 12.1 Å². The predicted octanol–water partition coefficient (Wildman–Crippen LogP) is 2.61. The molecule has 1 aromatic rings. The summed E-state index contributed by atoms with van der Waals surface area (Å²) in [5, 5.41) is 0. The highest BCUT2D eigenvalue weighted by molar-refractivity contribution is 6.18. The van der Waals surface area contributed by atoms with Crippen molar-refractivity contribution in [1.29, 1.82) is 0 Å². The first-order chi connectivity index (χ1) is 9.82. The fourth-order valence-corrected chi connectivity index (χ4v) is 1.96. The number of ether oxygens (including phenoxy) is 3. The van der Waals surface area contributed by atoms with Crippen LogP contribution in [-0.4, -0.2) is 24.3 Å². The third-order valence-corrected chi connectivity index (χ3v) is 2.94. The summed E-state index contributed by atoms with van der Waals surface area (Å²) in [4.78, 5) is 23.8. The van der Waals surface area contributed by atoms with E-state index < -0.39 is 17.7 Å². The third-order valence-electron chi connectivity index (χ3n) is 2.94. The number of carbonyl (C=O) groups excluding carboxylic acids is 2. The van der Waals surface area contributed by atoms with Gasteiger partial charge in [-0.05, 0) is 37.1 Å². The van der Waals surface area contributed by atoms with E-state index in [1.165, 1.54) is 19.9 Å². The minimum atomic E-state index is -1.23. The number of cyclic esters (lactones) is 2. The molecule has 0 unspecified atom stereocenters. The maximum atomic E-state index is 11.9. The lowest BCUT2D eigenvalue weighted by Gasteiger charge is -2.29. The number of rotatable bonds is 3. The first kappa shape index (κ1) is 15.1. The topological polar surface area (TPSA) is 61.8 Å². The second-order valence-corrected chi connectivity index (χ2v) is 5.19. The van der Waals surface area contributed by atoms with Crippen LogP contribution in [-0.2, 0) is 19.1 Å². The maximum absolute atomic E-state index is 11.9. The molecule has 1 aliphatic heterocycles. The van der Waals surface area contributed by atoms with Crippen molar-refractivity contribution in [3.63, 3.8) is 0 Å². The van der Waals surface area contributed by atoms with E-state index in [4.69, 9.17) is 14.2 Å². The molecule has 1 saturated heterocycles. The molecule has 5 nitrogen and oxygen atoms in total. The van der Waals surface area contributed by atoms with E-state index in [-0.39, 0.29) is 5.57 Å². The molecule has 112 valence electrons. The fraction of sp³-hybridized carbons (Fsp3) is 0.375. The lowest BCUT2D eigenvalue weighted by Crippen LogP contribution is -2.41. The Hall–Kier alpha value is -2.30. The van der Waals surface area contributed by atoms with Gasteiger partial charge in [-0.1, -0.05) is 12.1 Å². The number of hydrogen-bond donors (Lipinski definition) is 0. The first-order valence-corrected chi connectivity index (χ1v) is 6.74. The zero-order valence-corrected chi connectivity index (χ0v) is 12.6. The van der Waals surface area contributed by atoms with Gasteiger partial charge in [0.15, 0.2) is 0 Å². The second kappa shape index (κ2) is 5.60. The Labute approximate surface area is 123 Å². The molecule has 0 radical (unpaired) electrons. The van der Waals surface area contributed by atoms with Crippen LogP contribution < -0.4 is 4.74 Å². The quantitative estimate of drug-likeness (QED) is 0.486. The van der Waals surface area contributed by atoms with Gasteiger partial charge in [0, 0.05) is 13.8 Å².